The molecule has 0 aliphatic heterocycles. The van der Waals surface area contributed by atoms with Gasteiger partial charge in [0.05, 0.1) is 10.6 Å². The number of anilines is 1. The molecule has 0 unspecified atom stereocenters. The standard InChI is InChI=1S/C28H32FN3O4S/c1-5-30-28(34)22(4)31(18-23-11-9-10-14-26(23)29)27(33)19-32(24-16-15-20(2)21(3)17-24)37(35,36)25-12-7-6-8-13-25/h6-17,22H,5,18-19H2,1-4H3,(H,30,34)/t22-/m0/s1. The lowest BCUT2D eigenvalue weighted by atomic mass is 10.1. The predicted octanol–water partition coefficient (Wildman–Crippen LogP) is 4.19. The van der Waals surface area contributed by atoms with Crippen LogP contribution in [0.4, 0.5) is 10.1 Å². The van der Waals surface area contributed by atoms with Gasteiger partial charge in [-0.1, -0.05) is 42.5 Å². The van der Waals surface area contributed by atoms with Gasteiger partial charge in [0.25, 0.3) is 10.0 Å². The maximum absolute atomic E-state index is 14.5. The summed E-state index contributed by atoms with van der Waals surface area (Å²) in [6, 6.07) is 18.0. The molecule has 0 spiro atoms. The van der Waals surface area contributed by atoms with Crippen molar-refractivity contribution >= 4 is 27.5 Å². The van der Waals surface area contributed by atoms with Crippen molar-refractivity contribution in [3.05, 3.63) is 95.3 Å². The topological polar surface area (TPSA) is 86.8 Å². The quantitative estimate of drug-likeness (QED) is 0.430. The Kier molecular flexibility index (Phi) is 9.04. The number of nitrogens with one attached hydrogen (secondary N) is 1. The van der Waals surface area contributed by atoms with Crippen LogP contribution in [-0.4, -0.2) is 44.3 Å². The number of carbonyl (C=O) groups excluding carboxylic acids is 2. The second-order valence-corrected chi connectivity index (χ2v) is 10.6. The third kappa shape index (κ3) is 6.54. The van der Waals surface area contributed by atoms with Crippen LogP contribution in [-0.2, 0) is 26.2 Å². The third-order valence-electron chi connectivity index (χ3n) is 6.21. The van der Waals surface area contributed by atoms with Gasteiger partial charge in [0.1, 0.15) is 18.4 Å². The van der Waals surface area contributed by atoms with Gasteiger partial charge in [-0.2, -0.15) is 0 Å². The Morgan fingerprint density at radius 1 is 0.946 bits per heavy atom. The van der Waals surface area contributed by atoms with Crippen LogP contribution >= 0.6 is 0 Å². The second kappa shape index (κ2) is 12.0. The minimum absolute atomic E-state index is 0.0263. The summed E-state index contributed by atoms with van der Waals surface area (Å²) in [6.07, 6.45) is 0. The summed E-state index contributed by atoms with van der Waals surface area (Å²) in [7, 11) is -4.14. The number of hydrogen-bond acceptors (Lipinski definition) is 4. The summed E-state index contributed by atoms with van der Waals surface area (Å²) >= 11 is 0. The fourth-order valence-corrected chi connectivity index (χ4v) is 5.27. The molecule has 0 bridgehead atoms. The summed E-state index contributed by atoms with van der Waals surface area (Å²) in [6.45, 7) is 6.63. The molecule has 3 aromatic rings. The van der Waals surface area contributed by atoms with Crippen LogP contribution in [0.15, 0.2) is 77.7 Å². The summed E-state index contributed by atoms with van der Waals surface area (Å²) in [4.78, 5) is 27.7. The number of halogens is 1. The van der Waals surface area contributed by atoms with Gasteiger partial charge in [0.15, 0.2) is 0 Å². The van der Waals surface area contributed by atoms with Crippen LogP contribution in [0.3, 0.4) is 0 Å². The number of rotatable bonds is 10. The van der Waals surface area contributed by atoms with Gasteiger partial charge in [-0.15, -0.1) is 0 Å². The zero-order valence-electron chi connectivity index (χ0n) is 21.4. The van der Waals surface area contributed by atoms with Gasteiger partial charge in [-0.05, 0) is 69.2 Å². The lowest BCUT2D eigenvalue weighted by Crippen LogP contribution is -2.51. The summed E-state index contributed by atoms with van der Waals surface area (Å²) in [5, 5.41) is 2.68. The van der Waals surface area contributed by atoms with Crippen molar-refractivity contribution in [1.82, 2.24) is 10.2 Å². The highest BCUT2D eigenvalue weighted by atomic mass is 32.2. The zero-order valence-corrected chi connectivity index (χ0v) is 22.3. The first-order valence-corrected chi connectivity index (χ1v) is 13.5. The Hall–Kier alpha value is -3.72. The van der Waals surface area contributed by atoms with E-state index in [1.807, 2.05) is 13.8 Å². The largest absolute Gasteiger partial charge is 0.355 e. The van der Waals surface area contributed by atoms with E-state index >= 15 is 0 Å². The lowest BCUT2D eigenvalue weighted by Gasteiger charge is -2.32. The van der Waals surface area contributed by atoms with E-state index in [0.29, 0.717) is 12.2 Å². The molecule has 1 N–H and O–H groups in total. The molecule has 0 heterocycles. The van der Waals surface area contributed by atoms with Crippen LogP contribution in [0.5, 0.6) is 0 Å². The van der Waals surface area contributed by atoms with Crippen molar-refractivity contribution in [2.24, 2.45) is 0 Å². The number of benzene rings is 3. The Morgan fingerprint density at radius 2 is 1.59 bits per heavy atom. The Morgan fingerprint density at radius 3 is 2.22 bits per heavy atom. The van der Waals surface area contributed by atoms with Crippen LogP contribution in [0, 0.1) is 19.7 Å². The molecule has 3 aromatic carbocycles. The molecule has 1 atom stereocenters. The van der Waals surface area contributed by atoms with Gasteiger partial charge in [0.2, 0.25) is 11.8 Å². The average Bonchev–Trinajstić information content (AvgIpc) is 2.88. The van der Waals surface area contributed by atoms with E-state index in [1.165, 1.54) is 42.2 Å². The van der Waals surface area contributed by atoms with E-state index in [2.05, 4.69) is 5.32 Å². The molecule has 0 saturated heterocycles. The minimum Gasteiger partial charge on any atom is -0.355 e. The SMILES string of the molecule is CCNC(=O)[C@H](C)N(Cc1ccccc1F)C(=O)CN(c1ccc(C)c(C)c1)S(=O)(=O)c1ccccc1. The Bertz CT molecular complexity index is 1360. The first-order valence-electron chi connectivity index (χ1n) is 12.0. The van der Waals surface area contributed by atoms with Gasteiger partial charge in [-0.25, -0.2) is 12.8 Å². The number of hydrogen-bond donors (Lipinski definition) is 1. The number of likely N-dealkylation sites (N-methyl/N-ethyl adjacent to an activating group) is 1. The van der Waals surface area contributed by atoms with Gasteiger partial charge < -0.3 is 10.2 Å². The summed E-state index contributed by atoms with van der Waals surface area (Å²) in [5.41, 5.74) is 2.36. The molecule has 196 valence electrons. The molecular weight excluding hydrogens is 493 g/mol. The molecule has 3 rings (SSSR count). The lowest BCUT2D eigenvalue weighted by molar-refractivity contribution is -0.139. The van der Waals surface area contributed by atoms with Crippen molar-refractivity contribution in [1.29, 1.82) is 0 Å². The highest BCUT2D eigenvalue weighted by Crippen LogP contribution is 2.26. The normalized spacial score (nSPS) is 12.0. The maximum atomic E-state index is 14.5. The van der Waals surface area contributed by atoms with Gasteiger partial charge in [0, 0.05) is 18.7 Å². The molecule has 0 radical (unpaired) electrons. The van der Waals surface area contributed by atoms with E-state index in [9.17, 15) is 22.4 Å². The maximum Gasteiger partial charge on any atom is 0.264 e. The summed E-state index contributed by atoms with van der Waals surface area (Å²) < 4.78 is 43.0. The molecule has 9 heteroatoms. The zero-order chi connectivity index (χ0) is 27.2. The molecule has 2 amide bonds. The summed E-state index contributed by atoms with van der Waals surface area (Å²) in [5.74, 6) is -1.58. The highest BCUT2D eigenvalue weighted by Gasteiger charge is 2.32. The van der Waals surface area contributed by atoms with Crippen molar-refractivity contribution in [3.8, 4) is 0 Å². The molecule has 7 nitrogen and oxygen atoms in total. The van der Waals surface area contributed by atoms with E-state index in [1.54, 1.807) is 49.4 Å². The number of amides is 2. The molecule has 0 saturated carbocycles. The third-order valence-corrected chi connectivity index (χ3v) is 7.99. The van der Waals surface area contributed by atoms with Crippen molar-refractivity contribution in [2.75, 3.05) is 17.4 Å². The first-order chi connectivity index (χ1) is 17.6. The second-order valence-electron chi connectivity index (χ2n) is 8.78. The van der Waals surface area contributed by atoms with E-state index in [4.69, 9.17) is 0 Å². The fourth-order valence-electron chi connectivity index (χ4n) is 3.84. The number of nitrogens with zero attached hydrogens (tertiary/aromatic N) is 2. The predicted molar refractivity (Wildman–Crippen MR) is 142 cm³/mol. The van der Waals surface area contributed by atoms with E-state index in [-0.39, 0.29) is 17.0 Å². The van der Waals surface area contributed by atoms with Crippen molar-refractivity contribution in [2.45, 2.75) is 45.2 Å². The number of carbonyl (C=O) groups is 2. The smallest absolute Gasteiger partial charge is 0.264 e. The van der Waals surface area contributed by atoms with Gasteiger partial charge >= 0.3 is 0 Å². The van der Waals surface area contributed by atoms with Crippen LogP contribution in [0.1, 0.15) is 30.5 Å². The van der Waals surface area contributed by atoms with Crippen LogP contribution < -0.4 is 9.62 Å². The van der Waals surface area contributed by atoms with Crippen LogP contribution in [0.25, 0.3) is 0 Å². The molecular formula is C28H32FN3O4S. The Balaban J connectivity index is 2.05. The fraction of sp³-hybridized carbons (Fsp3) is 0.286. The molecule has 0 aliphatic carbocycles. The van der Waals surface area contributed by atoms with Crippen molar-refractivity contribution in [3.63, 3.8) is 0 Å². The molecule has 0 aliphatic rings. The average molecular weight is 526 g/mol. The van der Waals surface area contributed by atoms with Crippen molar-refractivity contribution < 1.29 is 22.4 Å². The monoisotopic (exact) mass is 525 g/mol. The van der Waals surface area contributed by atoms with Crippen LogP contribution in [0.2, 0.25) is 0 Å². The van der Waals surface area contributed by atoms with Gasteiger partial charge in [-0.3, -0.25) is 13.9 Å². The Labute approximate surface area is 218 Å². The number of aryl methyl sites for hydroxylation is 2. The number of sulfonamides is 1. The van der Waals surface area contributed by atoms with E-state index < -0.39 is 40.2 Å². The van der Waals surface area contributed by atoms with E-state index in [0.717, 1.165) is 15.4 Å². The first kappa shape index (κ1) is 27.9. The highest BCUT2D eigenvalue weighted by molar-refractivity contribution is 7.92. The molecule has 0 fully saturated rings. The minimum atomic E-state index is -4.14. The molecule has 0 aromatic heterocycles. The molecule has 37 heavy (non-hydrogen) atoms.